The van der Waals surface area contributed by atoms with Gasteiger partial charge in [-0.3, -0.25) is 10.1 Å². The number of esters is 1. The number of rotatable bonds is 5. The molecule has 0 aromatic heterocycles. The second-order valence-corrected chi connectivity index (χ2v) is 5.44. The fraction of sp³-hybridized carbons (Fsp3) is 0.462. The van der Waals surface area contributed by atoms with Crippen LogP contribution in [0.3, 0.4) is 0 Å². The van der Waals surface area contributed by atoms with Crippen LogP contribution < -0.4 is 0 Å². The molecule has 0 spiro atoms. The third kappa shape index (κ3) is 3.49. The molecule has 20 heavy (non-hydrogen) atoms. The second-order valence-electron chi connectivity index (χ2n) is 4.38. The maximum atomic E-state index is 11.5. The highest BCUT2D eigenvalue weighted by atomic mass is 32.2. The molecule has 0 aliphatic carbocycles. The first-order valence-corrected chi connectivity index (χ1v) is 7.21. The normalized spacial score (nSPS) is 17.9. The van der Waals surface area contributed by atoms with Crippen molar-refractivity contribution in [1.29, 1.82) is 0 Å². The molecule has 1 aliphatic rings. The highest BCUT2D eigenvalue weighted by molar-refractivity contribution is 7.99. The van der Waals surface area contributed by atoms with Crippen molar-refractivity contribution in [3.8, 4) is 0 Å². The molecule has 1 aromatic rings. The van der Waals surface area contributed by atoms with Gasteiger partial charge in [0.25, 0.3) is 5.69 Å². The Morgan fingerprint density at radius 1 is 1.60 bits per heavy atom. The molecule has 0 saturated carbocycles. The summed E-state index contributed by atoms with van der Waals surface area (Å²) in [5, 5.41) is 11.0. The lowest BCUT2D eigenvalue weighted by Gasteiger charge is -2.09. The minimum atomic E-state index is -0.501. The van der Waals surface area contributed by atoms with Crippen molar-refractivity contribution in [2.24, 2.45) is 0 Å². The van der Waals surface area contributed by atoms with Gasteiger partial charge in [0, 0.05) is 18.4 Å². The Kier molecular flexibility index (Phi) is 4.97. The zero-order valence-electron chi connectivity index (χ0n) is 11.0. The molecule has 0 radical (unpaired) electrons. The maximum Gasteiger partial charge on any atom is 0.337 e. The van der Waals surface area contributed by atoms with Gasteiger partial charge in [0.05, 0.1) is 28.6 Å². The van der Waals surface area contributed by atoms with E-state index in [9.17, 15) is 14.9 Å². The minimum Gasteiger partial charge on any atom is -0.465 e. The van der Waals surface area contributed by atoms with Crippen LogP contribution in [0.1, 0.15) is 23.2 Å². The highest BCUT2D eigenvalue weighted by Crippen LogP contribution is 2.32. The van der Waals surface area contributed by atoms with Gasteiger partial charge in [0.2, 0.25) is 0 Å². The van der Waals surface area contributed by atoms with Gasteiger partial charge in [-0.1, -0.05) is 0 Å². The Bertz CT molecular complexity index is 513. The average Bonchev–Trinajstić information content (AvgIpc) is 2.97. The number of methoxy groups -OCH3 is 1. The van der Waals surface area contributed by atoms with Gasteiger partial charge in [-0.2, -0.15) is 0 Å². The summed E-state index contributed by atoms with van der Waals surface area (Å²) in [5.74, 6) is 0.143. The summed E-state index contributed by atoms with van der Waals surface area (Å²) in [7, 11) is 1.28. The lowest BCUT2D eigenvalue weighted by molar-refractivity contribution is -0.387. The molecule has 1 saturated heterocycles. The number of carbonyl (C=O) groups excluding carboxylic acids is 1. The predicted molar refractivity (Wildman–Crippen MR) is 74.1 cm³/mol. The number of nitro groups is 1. The van der Waals surface area contributed by atoms with E-state index < -0.39 is 10.9 Å². The van der Waals surface area contributed by atoms with Crippen molar-refractivity contribution in [2.45, 2.75) is 23.8 Å². The number of hydrogen-bond acceptors (Lipinski definition) is 6. The van der Waals surface area contributed by atoms with Crippen LogP contribution >= 0.6 is 11.8 Å². The van der Waals surface area contributed by atoms with E-state index in [0.717, 1.165) is 19.4 Å². The molecule has 0 N–H and O–H groups in total. The third-order valence-corrected chi connectivity index (χ3v) is 4.20. The largest absolute Gasteiger partial charge is 0.465 e. The fourth-order valence-electron chi connectivity index (χ4n) is 1.98. The molecule has 1 atom stereocenters. The zero-order chi connectivity index (χ0) is 14.5. The SMILES string of the molecule is COC(=O)c1ccc([N+](=O)[O-])c(SCC2CCCO2)c1. The molecule has 1 heterocycles. The van der Waals surface area contributed by atoms with Crippen molar-refractivity contribution in [3.05, 3.63) is 33.9 Å². The van der Waals surface area contributed by atoms with Crippen LogP contribution in [0, 0.1) is 10.1 Å². The summed E-state index contributed by atoms with van der Waals surface area (Å²) in [6.45, 7) is 0.746. The monoisotopic (exact) mass is 297 g/mol. The summed E-state index contributed by atoms with van der Waals surface area (Å²) < 4.78 is 10.1. The highest BCUT2D eigenvalue weighted by Gasteiger charge is 2.21. The number of carbonyl (C=O) groups is 1. The quantitative estimate of drug-likeness (QED) is 0.360. The van der Waals surface area contributed by atoms with E-state index in [1.165, 1.54) is 37.1 Å². The lowest BCUT2D eigenvalue weighted by Crippen LogP contribution is -2.08. The topological polar surface area (TPSA) is 78.7 Å². The van der Waals surface area contributed by atoms with E-state index in [1.54, 1.807) is 0 Å². The van der Waals surface area contributed by atoms with Crippen molar-refractivity contribution in [1.82, 2.24) is 0 Å². The van der Waals surface area contributed by atoms with Crippen LogP contribution in [0.4, 0.5) is 5.69 Å². The Balaban J connectivity index is 2.17. The standard InChI is InChI=1S/C13H15NO5S/c1-18-13(15)9-4-5-11(14(16)17)12(7-9)20-8-10-3-2-6-19-10/h4-5,7,10H,2-3,6,8H2,1H3. The molecule has 0 amide bonds. The average molecular weight is 297 g/mol. The van der Waals surface area contributed by atoms with Gasteiger partial charge in [-0.05, 0) is 25.0 Å². The van der Waals surface area contributed by atoms with Crippen molar-refractivity contribution in [2.75, 3.05) is 19.5 Å². The van der Waals surface area contributed by atoms with Crippen molar-refractivity contribution < 1.29 is 19.2 Å². The number of nitro benzene ring substituents is 1. The van der Waals surface area contributed by atoms with Crippen LogP contribution in [0.15, 0.2) is 23.1 Å². The molecule has 2 rings (SSSR count). The van der Waals surface area contributed by atoms with Crippen LogP contribution in [-0.4, -0.2) is 36.5 Å². The van der Waals surface area contributed by atoms with Crippen molar-refractivity contribution in [3.63, 3.8) is 0 Å². The van der Waals surface area contributed by atoms with Gasteiger partial charge in [-0.15, -0.1) is 11.8 Å². The second kappa shape index (κ2) is 6.71. The summed E-state index contributed by atoms with van der Waals surface area (Å²) in [4.78, 5) is 22.5. The van der Waals surface area contributed by atoms with E-state index in [1.807, 2.05) is 0 Å². The van der Waals surface area contributed by atoms with E-state index in [0.29, 0.717) is 16.2 Å². The Morgan fingerprint density at radius 2 is 2.40 bits per heavy atom. The molecule has 1 aliphatic heterocycles. The van der Waals surface area contributed by atoms with Crippen LogP contribution in [0.5, 0.6) is 0 Å². The number of nitrogens with zero attached hydrogens (tertiary/aromatic N) is 1. The van der Waals surface area contributed by atoms with Gasteiger partial charge in [0.15, 0.2) is 0 Å². The number of ether oxygens (including phenoxy) is 2. The molecular weight excluding hydrogens is 282 g/mol. The molecule has 1 aromatic carbocycles. The summed E-state index contributed by atoms with van der Waals surface area (Å²) >= 11 is 1.34. The van der Waals surface area contributed by atoms with E-state index in [4.69, 9.17) is 4.74 Å². The van der Waals surface area contributed by atoms with E-state index in [-0.39, 0.29) is 11.8 Å². The fourth-order valence-corrected chi connectivity index (χ4v) is 3.11. The first-order chi connectivity index (χ1) is 9.61. The zero-order valence-corrected chi connectivity index (χ0v) is 11.9. The molecule has 6 nitrogen and oxygen atoms in total. The van der Waals surface area contributed by atoms with Crippen LogP contribution in [0.25, 0.3) is 0 Å². The smallest absolute Gasteiger partial charge is 0.337 e. The number of hydrogen-bond donors (Lipinski definition) is 0. The first-order valence-electron chi connectivity index (χ1n) is 6.23. The summed E-state index contributed by atoms with van der Waals surface area (Å²) in [6, 6.07) is 4.24. The molecule has 7 heteroatoms. The molecule has 1 unspecified atom stereocenters. The molecule has 108 valence electrons. The van der Waals surface area contributed by atoms with Gasteiger partial charge in [0.1, 0.15) is 0 Å². The summed E-state index contributed by atoms with van der Waals surface area (Å²) in [5.41, 5.74) is 0.314. The molecule has 1 fully saturated rings. The minimum absolute atomic E-state index is 0.000602. The Labute approximate surface area is 120 Å². The third-order valence-electron chi connectivity index (χ3n) is 3.03. The molecule has 0 bridgehead atoms. The van der Waals surface area contributed by atoms with Crippen LogP contribution in [-0.2, 0) is 9.47 Å². The number of thioether (sulfide) groups is 1. The van der Waals surface area contributed by atoms with Gasteiger partial charge < -0.3 is 9.47 Å². The lowest BCUT2D eigenvalue weighted by atomic mass is 10.2. The Morgan fingerprint density at radius 3 is 3.00 bits per heavy atom. The van der Waals surface area contributed by atoms with E-state index in [2.05, 4.69) is 4.74 Å². The van der Waals surface area contributed by atoms with Gasteiger partial charge in [-0.25, -0.2) is 4.79 Å². The van der Waals surface area contributed by atoms with Gasteiger partial charge >= 0.3 is 5.97 Å². The van der Waals surface area contributed by atoms with E-state index >= 15 is 0 Å². The predicted octanol–water partition coefficient (Wildman–Crippen LogP) is 2.65. The number of benzene rings is 1. The van der Waals surface area contributed by atoms with Crippen molar-refractivity contribution >= 4 is 23.4 Å². The van der Waals surface area contributed by atoms with Crippen LogP contribution in [0.2, 0.25) is 0 Å². The molecular formula is C13H15NO5S. The first kappa shape index (κ1) is 14.8. The maximum absolute atomic E-state index is 11.5. The Hall–Kier alpha value is -1.60. The summed E-state index contributed by atoms with van der Waals surface area (Å²) in [6.07, 6.45) is 2.12.